The van der Waals surface area contributed by atoms with Gasteiger partial charge in [-0.1, -0.05) is 23.2 Å². The van der Waals surface area contributed by atoms with E-state index in [0.717, 1.165) is 23.7 Å². The first-order chi connectivity index (χ1) is 9.51. The molecular weight excluding hydrogens is 293 g/mol. The second-order valence-corrected chi connectivity index (χ2v) is 6.62. The number of hydrogen-bond acceptors (Lipinski definition) is 3. The quantitative estimate of drug-likeness (QED) is 0.907. The molecule has 1 aromatic carbocycles. The number of hydrogen-bond donors (Lipinski definition) is 1. The van der Waals surface area contributed by atoms with Crippen molar-refractivity contribution in [3.63, 3.8) is 0 Å². The minimum absolute atomic E-state index is 0.118. The van der Waals surface area contributed by atoms with Crippen molar-refractivity contribution in [1.29, 1.82) is 0 Å². The van der Waals surface area contributed by atoms with E-state index in [9.17, 15) is 0 Å². The van der Waals surface area contributed by atoms with Crippen LogP contribution in [-0.2, 0) is 0 Å². The molecule has 5 heteroatoms. The topological polar surface area (TPSA) is 32.5 Å². The molecule has 3 nitrogen and oxygen atoms in total. The summed E-state index contributed by atoms with van der Waals surface area (Å²) >= 11 is 12.4. The predicted octanol–water partition coefficient (Wildman–Crippen LogP) is 2.88. The summed E-state index contributed by atoms with van der Waals surface area (Å²) in [5.41, 5.74) is 7.00. The predicted molar refractivity (Wildman–Crippen MR) is 86.5 cm³/mol. The zero-order valence-corrected chi connectivity index (χ0v) is 13.7. The molecule has 2 rings (SSSR count). The third kappa shape index (κ3) is 3.86. The van der Waals surface area contributed by atoms with Crippen molar-refractivity contribution in [2.45, 2.75) is 12.5 Å². The molecule has 112 valence electrons. The van der Waals surface area contributed by atoms with Crippen molar-refractivity contribution in [3.8, 4) is 0 Å². The number of halogens is 2. The van der Waals surface area contributed by atoms with Crippen LogP contribution in [0.4, 0.5) is 0 Å². The molecule has 0 radical (unpaired) electrons. The van der Waals surface area contributed by atoms with Crippen LogP contribution in [0.5, 0.6) is 0 Å². The van der Waals surface area contributed by atoms with E-state index in [1.54, 1.807) is 0 Å². The molecule has 0 aromatic heterocycles. The highest BCUT2D eigenvalue weighted by Gasteiger charge is 2.25. The van der Waals surface area contributed by atoms with Crippen LogP contribution in [-0.4, -0.2) is 50.1 Å². The molecule has 0 amide bonds. The third-order valence-corrected chi connectivity index (χ3v) is 4.69. The molecule has 0 spiro atoms. The van der Waals surface area contributed by atoms with Crippen molar-refractivity contribution >= 4 is 23.2 Å². The van der Waals surface area contributed by atoms with Crippen LogP contribution in [0.1, 0.15) is 18.0 Å². The van der Waals surface area contributed by atoms with Gasteiger partial charge in [-0.05, 0) is 56.7 Å². The van der Waals surface area contributed by atoms with E-state index in [1.165, 1.54) is 13.0 Å². The van der Waals surface area contributed by atoms with Gasteiger partial charge in [0, 0.05) is 35.7 Å². The fourth-order valence-electron chi connectivity index (χ4n) is 3.02. The molecule has 1 aliphatic heterocycles. The SMILES string of the molecule is CN1CCC(CN(C)C(CN)c2cc(Cl)ccc2Cl)C1. The Morgan fingerprint density at radius 3 is 2.80 bits per heavy atom. The first-order valence-electron chi connectivity index (χ1n) is 7.05. The number of nitrogens with zero attached hydrogens (tertiary/aromatic N) is 2. The van der Waals surface area contributed by atoms with E-state index in [4.69, 9.17) is 28.9 Å². The van der Waals surface area contributed by atoms with E-state index >= 15 is 0 Å². The summed E-state index contributed by atoms with van der Waals surface area (Å²) in [6.07, 6.45) is 1.25. The monoisotopic (exact) mass is 315 g/mol. The summed E-state index contributed by atoms with van der Waals surface area (Å²) in [4.78, 5) is 4.68. The van der Waals surface area contributed by atoms with Crippen LogP contribution >= 0.6 is 23.2 Å². The number of nitrogens with two attached hydrogens (primary N) is 1. The summed E-state index contributed by atoms with van der Waals surface area (Å²) in [5.74, 6) is 0.706. The lowest BCUT2D eigenvalue weighted by Gasteiger charge is -2.30. The molecule has 1 aliphatic rings. The van der Waals surface area contributed by atoms with E-state index in [0.29, 0.717) is 17.5 Å². The average molecular weight is 316 g/mol. The highest BCUT2D eigenvalue weighted by Crippen LogP contribution is 2.30. The van der Waals surface area contributed by atoms with E-state index in [-0.39, 0.29) is 6.04 Å². The Hall–Kier alpha value is -0.320. The zero-order chi connectivity index (χ0) is 14.7. The summed E-state index contributed by atoms with van der Waals surface area (Å²) in [6, 6.07) is 5.71. The largest absolute Gasteiger partial charge is 0.329 e. The molecule has 0 aliphatic carbocycles. The fourth-order valence-corrected chi connectivity index (χ4v) is 3.45. The standard InChI is InChI=1S/C15H23Cl2N3/c1-19-6-5-11(9-19)10-20(2)15(8-18)13-7-12(16)3-4-14(13)17/h3-4,7,11,15H,5-6,8-10,18H2,1-2H3. The molecule has 1 fully saturated rings. The number of likely N-dealkylation sites (tertiary alicyclic amines) is 1. The fraction of sp³-hybridized carbons (Fsp3) is 0.600. The maximum atomic E-state index is 6.30. The third-order valence-electron chi connectivity index (χ3n) is 4.11. The molecular formula is C15H23Cl2N3. The Kier molecular flexibility index (Phi) is 5.70. The lowest BCUT2D eigenvalue weighted by atomic mass is 10.0. The van der Waals surface area contributed by atoms with Crippen LogP contribution in [0.2, 0.25) is 10.0 Å². The van der Waals surface area contributed by atoms with Crippen molar-refractivity contribution in [1.82, 2.24) is 9.80 Å². The summed E-state index contributed by atoms with van der Waals surface area (Å²) < 4.78 is 0. The highest BCUT2D eigenvalue weighted by molar-refractivity contribution is 6.33. The van der Waals surface area contributed by atoms with Crippen molar-refractivity contribution in [2.75, 3.05) is 40.3 Å². The Labute approximate surface area is 131 Å². The van der Waals surface area contributed by atoms with Gasteiger partial charge in [-0.3, -0.25) is 4.90 Å². The highest BCUT2D eigenvalue weighted by atomic mass is 35.5. The van der Waals surface area contributed by atoms with Gasteiger partial charge in [-0.2, -0.15) is 0 Å². The molecule has 0 bridgehead atoms. The zero-order valence-electron chi connectivity index (χ0n) is 12.1. The van der Waals surface area contributed by atoms with E-state index in [2.05, 4.69) is 23.9 Å². The van der Waals surface area contributed by atoms with Gasteiger partial charge in [0.2, 0.25) is 0 Å². The number of rotatable bonds is 5. The van der Waals surface area contributed by atoms with Crippen LogP contribution in [0.3, 0.4) is 0 Å². The van der Waals surface area contributed by atoms with Gasteiger partial charge in [0.15, 0.2) is 0 Å². The lowest BCUT2D eigenvalue weighted by molar-refractivity contribution is 0.212. The van der Waals surface area contributed by atoms with Gasteiger partial charge in [0.1, 0.15) is 0 Å². The van der Waals surface area contributed by atoms with Crippen LogP contribution in [0.15, 0.2) is 18.2 Å². The van der Waals surface area contributed by atoms with Crippen molar-refractivity contribution in [2.24, 2.45) is 11.7 Å². The molecule has 20 heavy (non-hydrogen) atoms. The maximum absolute atomic E-state index is 6.30. The van der Waals surface area contributed by atoms with Crippen molar-refractivity contribution < 1.29 is 0 Å². The first kappa shape index (κ1) is 16.1. The van der Waals surface area contributed by atoms with Crippen molar-refractivity contribution in [3.05, 3.63) is 33.8 Å². The van der Waals surface area contributed by atoms with Gasteiger partial charge < -0.3 is 10.6 Å². The molecule has 2 atom stereocenters. The molecule has 2 unspecified atom stereocenters. The minimum atomic E-state index is 0.118. The lowest BCUT2D eigenvalue weighted by Crippen LogP contribution is -2.35. The summed E-state index contributed by atoms with van der Waals surface area (Å²) in [6.45, 7) is 3.92. The molecule has 0 saturated carbocycles. The van der Waals surface area contributed by atoms with Gasteiger partial charge in [-0.15, -0.1) is 0 Å². The van der Waals surface area contributed by atoms with E-state index < -0.39 is 0 Å². The van der Waals surface area contributed by atoms with E-state index in [1.807, 2.05) is 18.2 Å². The van der Waals surface area contributed by atoms with Crippen LogP contribution in [0.25, 0.3) is 0 Å². The average Bonchev–Trinajstić information content (AvgIpc) is 2.80. The minimum Gasteiger partial charge on any atom is -0.329 e. The summed E-state index contributed by atoms with van der Waals surface area (Å²) in [7, 11) is 4.29. The Balaban J connectivity index is 2.08. The Morgan fingerprint density at radius 1 is 1.45 bits per heavy atom. The molecule has 1 aromatic rings. The Morgan fingerprint density at radius 2 is 2.20 bits per heavy atom. The van der Waals surface area contributed by atoms with Gasteiger partial charge >= 0.3 is 0 Å². The molecule has 2 N–H and O–H groups in total. The summed E-state index contributed by atoms with van der Waals surface area (Å²) in [5, 5.41) is 1.44. The van der Waals surface area contributed by atoms with Gasteiger partial charge in [-0.25, -0.2) is 0 Å². The second kappa shape index (κ2) is 7.10. The number of likely N-dealkylation sites (N-methyl/N-ethyl adjacent to an activating group) is 1. The van der Waals surface area contributed by atoms with Crippen LogP contribution in [0, 0.1) is 5.92 Å². The van der Waals surface area contributed by atoms with Gasteiger partial charge in [0.25, 0.3) is 0 Å². The Bertz CT molecular complexity index is 453. The van der Waals surface area contributed by atoms with Gasteiger partial charge in [0.05, 0.1) is 0 Å². The molecule has 1 heterocycles. The maximum Gasteiger partial charge on any atom is 0.0482 e. The smallest absolute Gasteiger partial charge is 0.0482 e. The molecule has 1 saturated heterocycles. The first-order valence-corrected chi connectivity index (χ1v) is 7.80. The number of benzene rings is 1. The second-order valence-electron chi connectivity index (χ2n) is 5.77. The normalized spacial score (nSPS) is 21.6. The van der Waals surface area contributed by atoms with Crippen LogP contribution < -0.4 is 5.73 Å².